The Morgan fingerprint density at radius 2 is 1.93 bits per heavy atom. The van der Waals surface area contributed by atoms with E-state index in [1.165, 1.54) is 12.5 Å². The predicted molar refractivity (Wildman–Crippen MR) is 106 cm³/mol. The van der Waals surface area contributed by atoms with Gasteiger partial charge in [0.15, 0.2) is 5.96 Å². The Bertz CT molecular complexity index is 678. The van der Waals surface area contributed by atoms with Crippen LogP contribution in [0.5, 0.6) is 0 Å². The van der Waals surface area contributed by atoms with E-state index < -0.39 is 35.9 Å². The number of carbonyl (C=O) groups excluding carboxylic acids is 2. The van der Waals surface area contributed by atoms with Crippen molar-refractivity contribution in [3.05, 3.63) is 18.2 Å². The molecule has 3 atom stereocenters. The Morgan fingerprint density at radius 3 is 2.46 bits per heavy atom. The van der Waals surface area contributed by atoms with Gasteiger partial charge in [-0.2, -0.15) is 12.6 Å². The summed E-state index contributed by atoms with van der Waals surface area (Å²) in [6.45, 7) is 0.247. The van der Waals surface area contributed by atoms with E-state index in [4.69, 9.17) is 22.3 Å². The molecule has 2 amide bonds. The fraction of sp³-hybridized carbons (Fsp3) is 0.533. The summed E-state index contributed by atoms with van der Waals surface area (Å²) in [6.07, 6.45) is 3.76. The monoisotopic (exact) mass is 414 g/mol. The van der Waals surface area contributed by atoms with Crippen molar-refractivity contribution in [3.8, 4) is 0 Å². The number of nitrogens with two attached hydrogens (primary N) is 3. The minimum Gasteiger partial charge on any atom is -0.480 e. The van der Waals surface area contributed by atoms with E-state index in [0.29, 0.717) is 12.1 Å². The number of H-pyrrole nitrogens is 1. The molecular formula is C15H26N8O4S. The number of nitrogens with zero attached hydrogens (tertiary/aromatic N) is 2. The number of rotatable bonds is 12. The lowest BCUT2D eigenvalue weighted by molar-refractivity contribution is -0.141. The highest BCUT2D eigenvalue weighted by atomic mass is 32.1. The van der Waals surface area contributed by atoms with Crippen molar-refractivity contribution in [1.82, 2.24) is 20.6 Å². The first-order valence-electron chi connectivity index (χ1n) is 8.47. The molecule has 0 fully saturated rings. The van der Waals surface area contributed by atoms with Crippen LogP contribution < -0.4 is 27.8 Å². The first-order valence-corrected chi connectivity index (χ1v) is 9.10. The van der Waals surface area contributed by atoms with E-state index in [2.05, 4.69) is 38.2 Å². The number of carbonyl (C=O) groups is 3. The van der Waals surface area contributed by atoms with Gasteiger partial charge in [-0.25, -0.2) is 9.78 Å². The molecule has 1 aromatic rings. The summed E-state index contributed by atoms with van der Waals surface area (Å²) >= 11 is 3.90. The number of aliphatic carboxylic acids is 1. The molecule has 0 aliphatic carbocycles. The van der Waals surface area contributed by atoms with Gasteiger partial charge in [0.25, 0.3) is 0 Å². The number of imidazole rings is 1. The molecular weight excluding hydrogens is 388 g/mol. The van der Waals surface area contributed by atoms with Crippen LogP contribution in [0.15, 0.2) is 17.5 Å². The minimum atomic E-state index is -1.23. The minimum absolute atomic E-state index is 0.0902. The van der Waals surface area contributed by atoms with Crippen molar-refractivity contribution in [2.75, 3.05) is 12.3 Å². The Kier molecular flexibility index (Phi) is 9.81. The number of aliphatic imine (C=N–C) groups is 1. The zero-order valence-corrected chi connectivity index (χ0v) is 16.1. The largest absolute Gasteiger partial charge is 0.480 e. The second-order valence-corrected chi connectivity index (χ2v) is 6.34. The highest BCUT2D eigenvalue weighted by Crippen LogP contribution is 2.03. The molecule has 13 heteroatoms. The highest BCUT2D eigenvalue weighted by Gasteiger charge is 2.27. The molecule has 0 saturated heterocycles. The maximum absolute atomic E-state index is 12.5. The smallest absolute Gasteiger partial charge is 0.327 e. The van der Waals surface area contributed by atoms with Crippen LogP contribution in [0.3, 0.4) is 0 Å². The fourth-order valence-corrected chi connectivity index (χ4v) is 2.48. The van der Waals surface area contributed by atoms with Crippen LogP contribution in [0.1, 0.15) is 18.5 Å². The number of hydrogen-bond donors (Lipinski definition) is 8. The first-order chi connectivity index (χ1) is 13.2. The summed E-state index contributed by atoms with van der Waals surface area (Å²) in [4.78, 5) is 46.4. The molecule has 0 bridgehead atoms. The molecule has 1 heterocycles. The van der Waals surface area contributed by atoms with Gasteiger partial charge in [0.1, 0.15) is 12.1 Å². The van der Waals surface area contributed by atoms with Crippen molar-refractivity contribution in [3.63, 3.8) is 0 Å². The standard InChI is InChI=1S/C15H26N8O4S/c16-9(4-8-5-19-7-21-8)12(24)22-10(2-1-3-20-15(17)18)13(25)23-11(6-28)14(26)27/h5,7,9-11,28H,1-4,6,16H2,(H,19,21)(H,22,24)(H,23,25)(H,26,27)(H4,17,18,20)/t9-,10-,11-/m0/s1. The van der Waals surface area contributed by atoms with Gasteiger partial charge in [-0.1, -0.05) is 0 Å². The Balaban J connectivity index is 2.74. The molecule has 0 aliphatic rings. The molecule has 28 heavy (non-hydrogen) atoms. The molecule has 10 N–H and O–H groups in total. The van der Waals surface area contributed by atoms with E-state index in [1.54, 1.807) is 0 Å². The van der Waals surface area contributed by atoms with Crippen LogP contribution >= 0.6 is 12.6 Å². The third-order valence-corrected chi connectivity index (χ3v) is 4.07. The van der Waals surface area contributed by atoms with Crippen molar-refractivity contribution in [2.24, 2.45) is 22.2 Å². The summed E-state index contributed by atoms with van der Waals surface area (Å²) in [6, 6.07) is -3.11. The average Bonchev–Trinajstić information content (AvgIpc) is 3.14. The molecule has 0 saturated carbocycles. The van der Waals surface area contributed by atoms with Gasteiger partial charge < -0.3 is 37.9 Å². The number of hydrogen-bond acceptors (Lipinski definition) is 7. The molecule has 0 aliphatic heterocycles. The number of amides is 2. The molecule has 0 radical (unpaired) electrons. The second kappa shape index (κ2) is 11.8. The third kappa shape index (κ3) is 8.26. The van der Waals surface area contributed by atoms with Crippen molar-refractivity contribution in [1.29, 1.82) is 0 Å². The van der Waals surface area contributed by atoms with Crippen LogP contribution in [-0.4, -0.2) is 69.2 Å². The number of thiol groups is 1. The normalized spacial score (nSPS) is 13.8. The predicted octanol–water partition coefficient (Wildman–Crippen LogP) is -2.68. The second-order valence-electron chi connectivity index (χ2n) is 5.98. The maximum Gasteiger partial charge on any atom is 0.327 e. The quantitative estimate of drug-likeness (QED) is 0.0778. The number of aromatic amines is 1. The molecule has 1 aromatic heterocycles. The van der Waals surface area contributed by atoms with Crippen LogP contribution in [0.25, 0.3) is 0 Å². The summed E-state index contributed by atoms with van der Waals surface area (Å²) in [5, 5.41) is 13.9. The average molecular weight is 414 g/mol. The van der Waals surface area contributed by atoms with Gasteiger partial charge >= 0.3 is 5.97 Å². The Labute approximate surface area is 167 Å². The van der Waals surface area contributed by atoms with Gasteiger partial charge in [-0.05, 0) is 12.8 Å². The topological polar surface area (TPSA) is 215 Å². The zero-order chi connectivity index (χ0) is 21.1. The van der Waals surface area contributed by atoms with Gasteiger partial charge in [-0.15, -0.1) is 0 Å². The molecule has 0 spiro atoms. The van der Waals surface area contributed by atoms with E-state index in [-0.39, 0.29) is 31.1 Å². The van der Waals surface area contributed by atoms with Gasteiger partial charge in [0.05, 0.1) is 12.4 Å². The number of nitrogens with one attached hydrogen (secondary N) is 3. The summed E-state index contributed by atoms with van der Waals surface area (Å²) in [7, 11) is 0. The number of guanidine groups is 1. The molecule has 0 unspecified atom stereocenters. The Hall–Kier alpha value is -2.80. The SMILES string of the molecule is NC(N)=NCCC[C@H](NC(=O)[C@@H](N)Cc1cnc[nH]1)C(=O)N[C@@H](CS)C(=O)O. The van der Waals surface area contributed by atoms with E-state index in [0.717, 1.165) is 0 Å². The fourth-order valence-electron chi connectivity index (χ4n) is 2.23. The van der Waals surface area contributed by atoms with Crippen LogP contribution in [0.2, 0.25) is 0 Å². The molecule has 156 valence electrons. The van der Waals surface area contributed by atoms with E-state index in [1.807, 2.05) is 0 Å². The zero-order valence-electron chi connectivity index (χ0n) is 15.2. The summed E-state index contributed by atoms with van der Waals surface area (Å²) in [5.41, 5.74) is 17.0. The van der Waals surface area contributed by atoms with Gasteiger partial charge in [0.2, 0.25) is 11.8 Å². The molecule has 12 nitrogen and oxygen atoms in total. The summed E-state index contributed by atoms with van der Waals surface area (Å²) < 4.78 is 0. The lowest BCUT2D eigenvalue weighted by Gasteiger charge is -2.22. The molecule has 1 rings (SSSR count). The number of carboxylic acids is 1. The van der Waals surface area contributed by atoms with Crippen LogP contribution in [-0.2, 0) is 20.8 Å². The van der Waals surface area contributed by atoms with Gasteiger partial charge in [-0.3, -0.25) is 14.6 Å². The summed E-state index contributed by atoms with van der Waals surface area (Å²) in [5.74, 6) is -2.64. The van der Waals surface area contributed by atoms with Crippen molar-refractivity contribution in [2.45, 2.75) is 37.4 Å². The number of carboxylic acid groups (broad SMARTS) is 1. The van der Waals surface area contributed by atoms with Crippen LogP contribution in [0.4, 0.5) is 0 Å². The van der Waals surface area contributed by atoms with Crippen molar-refractivity contribution < 1.29 is 19.5 Å². The maximum atomic E-state index is 12.5. The highest BCUT2D eigenvalue weighted by molar-refractivity contribution is 7.80. The number of aromatic nitrogens is 2. The Morgan fingerprint density at radius 1 is 1.25 bits per heavy atom. The van der Waals surface area contributed by atoms with Crippen LogP contribution in [0, 0.1) is 0 Å². The first kappa shape index (κ1) is 23.2. The van der Waals surface area contributed by atoms with Gasteiger partial charge in [0, 0.05) is 30.6 Å². The lowest BCUT2D eigenvalue weighted by Crippen LogP contribution is -2.55. The van der Waals surface area contributed by atoms with E-state index in [9.17, 15) is 14.4 Å². The van der Waals surface area contributed by atoms with Crippen molar-refractivity contribution >= 4 is 36.4 Å². The van der Waals surface area contributed by atoms with E-state index >= 15 is 0 Å². The lowest BCUT2D eigenvalue weighted by atomic mass is 10.1. The molecule has 0 aromatic carbocycles. The third-order valence-electron chi connectivity index (χ3n) is 3.71.